The Bertz CT molecular complexity index is 554. The van der Waals surface area contributed by atoms with Gasteiger partial charge in [0.2, 0.25) is 0 Å². The Morgan fingerprint density at radius 2 is 1.95 bits per heavy atom. The zero-order valence-corrected chi connectivity index (χ0v) is 12.7. The number of hydrogen-bond donors (Lipinski definition) is 1. The highest BCUT2D eigenvalue weighted by Gasteiger charge is 2.28. The Morgan fingerprint density at radius 3 is 2.53 bits per heavy atom. The van der Waals surface area contributed by atoms with Gasteiger partial charge in [0.15, 0.2) is 5.82 Å². The minimum absolute atomic E-state index is 0.117. The quantitative estimate of drug-likeness (QED) is 0.930. The second-order valence-electron chi connectivity index (χ2n) is 5.94. The van der Waals surface area contributed by atoms with Gasteiger partial charge in [-0.2, -0.15) is 4.98 Å². The van der Waals surface area contributed by atoms with Crippen LogP contribution in [0, 0.1) is 5.41 Å². The molecule has 0 saturated carbocycles. The van der Waals surface area contributed by atoms with Crippen molar-refractivity contribution in [2.75, 3.05) is 0 Å². The lowest BCUT2D eigenvalue weighted by atomic mass is 9.87. The molecule has 0 spiro atoms. The minimum atomic E-state index is -0.270. The molecule has 0 aliphatic heterocycles. The summed E-state index contributed by atoms with van der Waals surface area (Å²) in [5, 5.41) is 8.08. The third-order valence-electron chi connectivity index (χ3n) is 2.91. The van der Waals surface area contributed by atoms with Gasteiger partial charge in [0.05, 0.1) is 11.7 Å². The van der Waals surface area contributed by atoms with Crippen molar-refractivity contribution in [2.24, 2.45) is 11.1 Å². The molecule has 19 heavy (non-hydrogen) atoms. The molecule has 6 nitrogen and oxygen atoms in total. The molecule has 2 N–H and O–H groups in total. The van der Waals surface area contributed by atoms with Crippen molar-refractivity contribution in [3.8, 4) is 10.8 Å². The summed E-state index contributed by atoms with van der Waals surface area (Å²) in [5.41, 5.74) is 6.89. The highest BCUT2D eigenvalue weighted by molar-refractivity contribution is 7.09. The molecule has 0 fully saturated rings. The summed E-state index contributed by atoms with van der Waals surface area (Å²) >= 11 is 1.27. The summed E-state index contributed by atoms with van der Waals surface area (Å²) in [4.78, 5) is 5.22. The molecule has 1 unspecified atom stereocenters. The van der Waals surface area contributed by atoms with E-state index in [1.165, 1.54) is 11.5 Å². The van der Waals surface area contributed by atoms with Crippen molar-refractivity contribution >= 4 is 11.5 Å². The normalized spacial score (nSPS) is 14.1. The maximum atomic E-state index is 6.12. The van der Waals surface area contributed by atoms with Gasteiger partial charge in [-0.1, -0.05) is 44.3 Å². The number of nitrogens with two attached hydrogens (primary N) is 1. The molecule has 104 valence electrons. The van der Waals surface area contributed by atoms with E-state index in [1.807, 2.05) is 20.8 Å². The third-order valence-corrected chi connectivity index (χ3v) is 3.64. The Morgan fingerprint density at radius 1 is 1.26 bits per heavy atom. The molecule has 0 saturated heterocycles. The van der Waals surface area contributed by atoms with Gasteiger partial charge in [-0.3, -0.25) is 0 Å². The van der Waals surface area contributed by atoms with E-state index in [4.69, 9.17) is 10.3 Å². The maximum Gasteiger partial charge on any atom is 0.271 e. The molecular formula is C12H19N5OS. The molecule has 2 aromatic rings. The van der Waals surface area contributed by atoms with E-state index in [-0.39, 0.29) is 17.4 Å². The SMILES string of the molecule is CC(C)c1nnsc1-c1nc(C(N)C(C)(C)C)no1. The van der Waals surface area contributed by atoms with Crippen molar-refractivity contribution in [1.29, 1.82) is 0 Å². The van der Waals surface area contributed by atoms with E-state index < -0.39 is 0 Å². The zero-order valence-electron chi connectivity index (χ0n) is 11.8. The van der Waals surface area contributed by atoms with E-state index in [9.17, 15) is 0 Å². The third kappa shape index (κ3) is 2.82. The highest BCUT2D eigenvalue weighted by Crippen LogP contribution is 2.33. The summed E-state index contributed by atoms with van der Waals surface area (Å²) in [5.74, 6) is 1.24. The molecule has 2 aromatic heterocycles. The standard InChI is InChI=1S/C12H19N5OS/c1-6(2)7-8(19-17-15-7)11-14-10(16-18-11)9(13)12(3,4)5/h6,9H,13H2,1-5H3. The van der Waals surface area contributed by atoms with Gasteiger partial charge in [0, 0.05) is 0 Å². The van der Waals surface area contributed by atoms with Crippen LogP contribution in [0.2, 0.25) is 0 Å². The van der Waals surface area contributed by atoms with E-state index in [0.29, 0.717) is 11.7 Å². The Hall–Kier alpha value is -1.34. The van der Waals surface area contributed by atoms with Crippen molar-refractivity contribution in [3.63, 3.8) is 0 Å². The van der Waals surface area contributed by atoms with Gasteiger partial charge in [-0.15, -0.1) is 5.10 Å². The van der Waals surface area contributed by atoms with E-state index >= 15 is 0 Å². The number of rotatable bonds is 3. The molecule has 2 heterocycles. The van der Waals surface area contributed by atoms with Gasteiger partial charge < -0.3 is 10.3 Å². The monoisotopic (exact) mass is 281 g/mol. The van der Waals surface area contributed by atoms with Gasteiger partial charge >= 0.3 is 0 Å². The Labute approximate surface area is 116 Å². The van der Waals surface area contributed by atoms with E-state index in [1.54, 1.807) is 0 Å². The Balaban J connectivity index is 2.34. The van der Waals surface area contributed by atoms with Gasteiger partial charge in [-0.05, 0) is 22.9 Å². The number of aromatic nitrogens is 4. The predicted molar refractivity (Wildman–Crippen MR) is 73.7 cm³/mol. The Kier molecular flexibility index (Phi) is 3.69. The summed E-state index contributed by atoms with van der Waals surface area (Å²) in [6.07, 6.45) is 0. The first-order valence-electron chi connectivity index (χ1n) is 6.22. The molecule has 0 aromatic carbocycles. The van der Waals surface area contributed by atoms with E-state index in [2.05, 4.69) is 33.6 Å². The highest BCUT2D eigenvalue weighted by atomic mass is 32.1. The minimum Gasteiger partial charge on any atom is -0.333 e. The molecule has 0 radical (unpaired) electrons. The average molecular weight is 281 g/mol. The first kappa shape index (κ1) is 14.1. The second kappa shape index (κ2) is 4.97. The fourth-order valence-corrected chi connectivity index (χ4v) is 2.31. The van der Waals surface area contributed by atoms with Crippen LogP contribution in [0.5, 0.6) is 0 Å². The van der Waals surface area contributed by atoms with Crippen molar-refractivity contribution in [1.82, 2.24) is 19.7 Å². The van der Waals surface area contributed by atoms with Crippen molar-refractivity contribution < 1.29 is 4.52 Å². The first-order valence-corrected chi connectivity index (χ1v) is 7.00. The lowest BCUT2D eigenvalue weighted by Crippen LogP contribution is -2.27. The van der Waals surface area contributed by atoms with E-state index in [0.717, 1.165) is 10.6 Å². The molecule has 2 rings (SSSR count). The van der Waals surface area contributed by atoms with Crippen molar-refractivity contribution in [3.05, 3.63) is 11.5 Å². The van der Waals surface area contributed by atoms with Gasteiger partial charge in [0.25, 0.3) is 5.89 Å². The molecule has 0 aliphatic rings. The fraction of sp³-hybridized carbons (Fsp3) is 0.667. The summed E-state index contributed by atoms with van der Waals surface area (Å²) < 4.78 is 9.26. The maximum absolute atomic E-state index is 6.12. The van der Waals surface area contributed by atoms with Crippen LogP contribution in [0.15, 0.2) is 4.52 Å². The molecule has 0 aliphatic carbocycles. The van der Waals surface area contributed by atoms with Gasteiger partial charge in [0.1, 0.15) is 4.88 Å². The molecule has 0 amide bonds. The lowest BCUT2D eigenvalue weighted by molar-refractivity contribution is 0.303. The van der Waals surface area contributed by atoms with Crippen molar-refractivity contribution in [2.45, 2.75) is 46.6 Å². The van der Waals surface area contributed by atoms with Crippen LogP contribution in [-0.4, -0.2) is 19.7 Å². The molecule has 1 atom stereocenters. The lowest BCUT2D eigenvalue weighted by Gasteiger charge is -2.23. The van der Waals surface area contributed by atoms with Crippen LogP contribution in [0.25, 0.3) is 10.8 Å². The molecule has 0 bridgehead atoms. The van der Waals surface area contributed by atoms with Crippen LogP contribution in [0.4, 0.5) is 0 Å². The van der Waals surface area contributed by atoms with Crippen LogP contribution < -0.4 is 5.73 Å². The van der Waals surface area contributed by atoms with Gasteiger partial charge in [-0.25, -0.2) is 0 Å². The van der Waals surface area contributed by atoms with Crippen LogP contribution >= 0.6 is 11.5 Å². The zero-order chi connectivity index (χ0) is 14.2. The largest absolute Gasteiger partial charge is 0.333 e. The fourth-order valence-electron chi connectivity index (χ4n) is 1.56. The smallest absolute Gasteiger partial charge is 0.271 e. The topological polar surface area (TPSA) is 90.7 Å². The average Bonchev–Trinajstić information content (AvgIpc) is 2.95. The summed E-state index contributed by atoms with van der Waals surface area (Å²) in [6, 6.07) is -0.270. The summed E-state index contributed by atoms with van der Waals surface area (Å²) in [7, 11) is 0. The first-order chi connectivity index (χ1) is 8.80. The van der Waals surface area contributed by atoms with Crippen LogP contribution in [-0.2, 0) is 0 Å². The number of nitrogens with zero attached hydrogens (tertiary/aromatic N) is 4. The van der Waals surface area contributed by atoms with Crippen LogP contribution in [0.1, 0.15) is 58.1 Å². The number of hydrogen-bond acceptors (Lipinski definition) is 7. The summed E-state index contributed by atoms with van der Waals surface area (Å²) in [6.45, 7) is 10.2. The molecule has 7 heteroatoms. The molecular weight excluding hydrogens is 262 g/mol. The van der Waals surface area contributed by atoms with Crippen LogP contribution in [0.3, 0.4) is 0 Å². The predicted octanol–water partition coefficient (Wildman–Crippen LogP) is 2.76. The second-order valence-corrected chi connectivity index (χ2v) is 6.70.